The third-order valence-electron chi connectivity index (χ3n) is 4.51. The van der Waals surface area contributed by atoms with Gasteiger partial charge in [0.25, 0.3) is 10.2 Å². The molecule has 2 aromatic rings. The number of aromatic nitrogens is 1. The van der Waals surface area contributed by atoms with Crippen molar-refractivity contribution in [2.24, 2.45) is 0 Å². The Morgan fingerprint density at radius 1 is 1.40 bits per heavy atom. The largest absolute Gasteiger partial charge is 0.465 e. The molecule has 3 rings (SSSR count). The second kappa shape index (κ2) is 10.5. The van der Waals surface area contributed by atoms with E-state index in [1.807, 2.05) is 0 Å². The zero-order chi connectivity index (χ0) is 21.0. The molecule has 2 heterocycles. The van der Waals surface area contributed by atoms with E-state index in [9.17, 15) is 17.6 Å². The van der Waals surface area contributed by atoms with Gasteiger partial charge < -0.3 is 10.1 Å². The fourth-order valence-electron chi connectivity index (χ4n) is 2.99. The number of pyridine rings is 1. The van der Waals surface area contributed by atoms with Crippen molar-refractivity contribution in [3.05, 3.63) is 64.2 Å². The minimum absolute atomic E-state index is 0. The number of rotatable bonds is 6. The molecule has 1 saturated heterocycles. The SMILES string of the molecule is COC(=O)c1ccc(CNS(=O)(=O)N2CCNCC2c2ccc(F)c(Cl)c2)nc1.Cl. The number of nitrogens with one attached hydrogen (secondary N) is 2. The molecule has 1 fully saturated rings. The van der Waals surface area contributed by atoms with Crippen LogP contribution in [-0.4, -0.2) is 50.4 Å². The van der Waals surface area contributed by atoms with Crippen LogP contribution in [0.3, 0.4) is 0 Å². The highest BCUT2D eigenvalue weighted by Crippen LogP contribution is 2.28. The van der Waals surface area contributed by atoms with Gasteiger partial charge in [0.2, 0.25) is 0 Å². The number of ether oxygens (including phenoxy) is 1. The highest BCUT2D eigenvalue weighted by atomic mass is 35.5. The van der Waals surface area contributed by atoms with Crippen molar-refractivity contribution in [1.82, 2.24) is 19.3 Å². The van der Waals surface area contributed by atoms with Crippen molar-refractivity contribution in [1.29, 1.82) is 0 Å². The zero-order valence-corrected chi connectivity index (χ0v) is 18.4. The van der Waals surface area contributed by atoms with E-state index in [0.717, 1.165) is 0 Å². The van der Waals surface area contributed by atoms with Gasteiger partial charge in [0.15, 0.2) is 0 Å². The first kappa shape index (κ1) is 24.4. The predicted molar refractivity (Wildman–Crippen MR) is 112 cm³/mol. The van der Waals surface area contributed by atoms with E-state index in [-0.39, 0.29) is 36.1 Å². The molecule has 30 heavy (non-hydrogen) atoms. The Labute approximate surface area is 185 Å². The lowest BCUT2D eigenvalue weighted by Gasteiger charge is -2.35. The number of hydrogen-bond acceptors (Lipinski definition) is 6. The summed E-state index contributed by atoms with van der Waals surface area (Å²) in [5, 5.41) is 3.08. The summed E-state index contributed by atoms with van der Waals surface area (Å²) >= 11 is 5.86. The van der Waals surface area contributed by atoms with Gasteiger partial charge in [0.05, 0.1) is 36.0 Å². The third kappa shape index (κ3) is 5.65. The Morgan fingerprint density at radius 2 is 2.17 bits per heavy atom. The topological polar surface area (TPSA) is 101 Å². The van der Waals surface area contributed by atoms with Gasteiger partial charge in [0.1, 0.15) is 5.82 Å². The molecule has 1 aliphatic heterocycles. The maximum absolute atomic E-state index is 13.5. The van der Waals surface area contributed by atoms with E-state index in [1.54, 1.807) is 6.07 Å². The quantitative estimate of drug-likeness (QED) is 0.616. The molecule has 0 spiro atoms. The lowest BCUT2D eigenvalue weighted by molar-refractivity contribution is 0.0600. The van der Waals surface area contributed by atoms with Gasteiger partial charge in [-0.3, -0.25) is 4.98 Å². The Hall–Kier alpha value is -1.82. The Balaban J connectivity index is 0.00000320. The first-order chi connectivity index (χ1) is 13.8. The number of carbonyl (C=O) groups excluding carboxylic acids is 1. The number of methoxy groups -OCH3 is 1. The van der Waals surface area contributed by atoms with Gasteiger partial charge in [-0.1, -0.05) is 17.7 Å². The van der Waals surface area contributed by atoms with Gasteiger partial charge in [0, 0.05) is 25.8 Å². The highest BCUT2D eigenvalue weighted by molar-refractivity contribution is 7.87. The summed E-state index contributed by atoms with van der Waals surface area (Å²) in [4.78, 5) is 15.5. The van der Waals surface area contributed by atoms with Crippen LogP contribution in [0.15, 0.2) is 36.5 Å². The molecule has 0 saturated carbocycles. The number of carbonyl (C=O) groups is 1. The molecule has 0 aliphatic carbocycles. The van der Waals surface area contributed by atoms with E-state index in [4.69, 9.17) is 11.6 Å². The summed E-state index contributed by atoms with van der Waals surface area (Å²) in [6.45, 7) is 1.04. The third-order valence-corrected chi connectivity index (χ3v) is 6.37. The zero-order valence-electron chi connectivity index (χ0n) is 16.0. The van der Waals surface area contributed by atoms with E-state index >= 15 is 0 Å². The Bertz CT molecular complexity index is 992. The second-order valence-electron chi connectivity index (χ2n) is 6.36. The number of halogens is 3. The van der Waals surface area contributed by atoms with E-state index < -0.39 is 28.0 Å². The minimum Gasteiger partial charge on any atom is -0.465 e. The van der Waals surface area contributed by atoms with E-state index in [1.165, 1.54) is 41.9 Å². The maximum atomic E-state index is 13.5. The summed E-state index contributed by atoms with van der Waals surface area (Å²) in [7, 11) is -2.59. The van der Waals surface area contributed by atoms with E-state index in [2.05, 4.69) is 19.8 Å². The van der Waals surface area contributed by atoms with Crippen LogP contribution in [0.25, 0.3) is 0 Å². The molecular formula is C18H21Cl2FN4O4S. The molecule has 0 radical (unpaired) electrons. The molecule has 1 unspecified atom stereocenters. The Kier molecular flexibility index (Phi) is 8.53. The normalized spacial score (nSPS) is 17.2. The predicted octanol–water partition coefficient (Wildman–Crippen LogP) is 2.06. The molecule has 0 amide bonds. The number of esters is 1. The molecule has 2 N–H and O–H groups in total. The number of benzene rings is 1. The van der Waals surface area contributed by atoms with Gasteiger partial charge in [-0.05, 0) is 29.8 Å². The van der Waals surface area contributed by atoms with Crippen LogP contribution in [0.2, 0.25) is 5.02 Å². The maximum Gasteiger partial charge on any atom is 0.339 e. The van der Waals surface area contributed by atoms with Crippen molar-refractivity contribution in [3.63, 3.8) is 0 Å². The molecule has 1 aromatic heterocycles. The van der Waals surface area contributed by atoms with Crippen molar-refractivity contribution in [2.75, 3.05) is 26.7 Å². The molecule has 0 bridgehead atoms. The van der Waals surface area contributed by atoms with Crippen LogP contribution in [0.1, 0.15) is 27.7 Å². The Morgan fingerprint density at radius 3 is 2.80 bits per heavy atom. The standard InChI is InChI=1S/C18H20ClFN4O4S.ClH/c1-28-18(25)13-2-4-14(22-9-13)10-23-29(26,27)24-7-6-21-11-17(24)12-3-5-16(20)15(19)8-12;/h2-5,8-9,17,21,23H,6-7,10-11H2,1H3;1H. The fourth-order valence-corrected chi connectivity index (χ4v) is 4.54. The molecule has 12 heteroatoms. The molecule has 1 aromatic carbocycles. The first-order valence-electron chi connectivity index (χ1n) is 8.77. The van der Waals surface area contributed by atoms with Crippen LogP contribution < -0.4 is 10.0 Å². The van der Waals surface area contributed by atoms with Crippen LogP contribution in [0.5, 0.6) is 0 Å². The first-order valence-corrected chi connectivity index (χ1v) is 10.6. The smallest absolute Gasteiger partial charge is 0.339 e. The molecule has 8 nitrogen and oxygen atoms in total. The van der Waals surface area contributed by atoms with Crippen LogP contribution in [0.4, 0.5) is 4.39 Å². The highest BCUT2D eigenvalue weighted by Gasteiger charge is 2.33. The summed E-state index contributed by atoms with van der Waals surface area (Å²) < 4.78 is 47.7. The number of hydrogen-bond donors (Lipinski definition) is 2. The van der Waals surface area contributed by atoms with Crippen molar-refractivity contribution in [2.45, 2.75) is 12.6 Å². The van der Waals surface area contributed by atoms with Crippen molar-refractivity contribution < 1.29 is 22.3 Å². The van der Waals surface area contributed by atoms with Crippen molar-refractivity contribution in [3.8, 4) is 0 Å². The average molecular weight is 479 g/mol. The van der Waals surface area contributed by atoms with Gasteiger partial charge >= 0.3 is 5.97 Å². The molecule has 1 atom stereocenters. The van der Waals surface area contributed by atoms with Crippen LogP contribution >= 0.6 is 24.0 Å². The van der Waals surface area contributed by atoms with Gasteiger partial charge in [-0.2, -0.15) is 17.4 Å². The number of nitrogens with zero attached hydrogens (tertiary/aromatic N) is 2. The van der Waals surface area contributed by atoms with Crippen molar-refractivity contribution >= 4 is 40.2 Å². The monoisotopic (exact) mass is 478 g/mol. The average Bonchev–Trinajstić information content (AvgIpc) is 2.74. The molecular weight excluding hydrogens is 458 g/mol. The summed E-state index contributed by atoms with van der Waals surface area (Å²) in [6, 6.07) is 6.70. The lowest BCUT2D eigenvalue weighted by atomic mass is 10.1. The minimum atomic E-state index is -3.86. The molecule has 1 aliphatic rings. The summed E-state index contributed by atoms with van der Waals surface area (Å²) in [6.07, 6.45) is 1.32. The van der Waals surface area contributed by atoms with Crippen LogP contribution in [0, 0.1) is 5.82 Å². The summed E-state index contributed by atoms with van der Waals surface area (Å²) in [5.74, 6) is -1.08. The fraction of sp³-hybridized carbons (Fsp3) is 0.333. The summed E-state index contributed by atoms with van der Waals surface area (Å²) in [5.41, 5.74) is 1.31. The van der Waals surface area contributed by atoms with Gasteiger partial charge in [-0.15, -0.1) is 12.4 Å². The van der Waals surface area contributed by atoms with Crippen LogP contribution in [-0.2, 0) is 21.5 Å². The number of piperazine rings is 1. The molecule has 164 valence electrons. The lowest BCUT2D eigenvalue weighted by Crippen LogP contribution is -2.52. The van der Waals surface area contributed by atoms with Gasteiger partial charge in [-0.25, -0.2) is 9.18 Å². The second-order valence-corrected chi connectivity index (χ2v) is 8.48. The van der Waals surface area contributed by atoms with E-state index in [0.29, 0.717) is 24.3 Å².